The highest BCUT2D eigenvalue weighted by Crippen LogP contribution is 2.42. The second-order valence-electron chi connectivity index (χ2n) is 12.7. The van der Waals surface area contributed by atoms with Crippen molar-refractivity contribution in [3.63, 3.8) is 0 Å². The molecule has 0 spiro atoms. The van der Waals surface area contributed by atoms with Crippen LogP contribution in [0.4, 0.5) is 0 Å². The molecular formula is C30H52NO5Si+. The highest BCUT2D eigenvalue weighted by Gasteiger charge is 2.56. The Kier molecular flexibility index (Phi) is 9.83. The monoisotopic (exact) mass is 534 g/mol. The van der Waals surface area contributed by atoms with Crippen LogP contribution in [0.5, 0.6) is 0 Å². The van der Waals surface area contributed by atoms with Crippen molar-refractivity contribution >= 4 is 14.8 Å². The van der Waals surface area contributed by atoms with E-state index in [1.807, 2.05) is 0 Å². The highest BCUT2D eigenvalue weighted by molar-refractivity contribution is 6.60. The first kappa shape index (κ1) is 27.8. The Morgan fingerprint density at radius 2 is 1.38 bits per heavy atom. The number of hydrogen-bond acceptors (Lipinski definition) is 5. The van der Waals surface area contributed by atoms with Crippen molar-refractivity contribution in [2.75, 3.05) is 32.8 Å². The summed E-state index contributed by atoms with van der Waals surface area (Å²) in [6, 6.07) is 1.47. The third-order valence-corrected chi connectivity index (χ3v) is 13.3. The minimum Gasteiger partial charge on any atom is -0.463 e. The summed E-state index contributed by atoms with van der Waals surface area (Å²) < 4.78 is 27.9. The van der Waals surface area contributed by atoms with Crippen molar-refractivity contribution in [1.82, 2.24) is 0 Å². The summed E-state index contributed by atoms with van der Waals surface area (Å²) >= 11 is 0. The second kappa shape index (κ2) is 13.1. The van der Waals surface area contributed by atoms with Crippen LogP contribution in [-0.4, -0.2) is 70.4 Å². The summed E-state index contributed by atoms with van der Waals surface area (Å²) in [7, 11) is -2.91. The lowest BCUT2D eigenvalue weighted by molar-refractivity contribution is -0.960. The Morgan fingerprint density at radius 1 is 0.838 bits per heavy atom. The van der Waals surface area contributed by atoms with Gasteiger partial charge in [-0.1, -0.05) is 51.5 Å². The van der Waals surface area contributed by atoms with Crippen LogP contribution >= 0.6 is 0 Å². The van der Waals surface area contributed by atoms with Crippen molar-refractivity contribution in [1.29, 1.82) is 0 Å². The van der Waals surface area contributed by atoms with Gasteiger partial charge in [-0.25, -0.2) is 4.79 Å². The molecule has 2 unspecified atom stereocenters. The molecule has 6 aliphatic rings. The number of hydrogen-bond donors (Lipinski definition) is 0. The van der Waals surface area contributed by atoms with E-state index in [-0.39, 0.29) is 18.2 Å². The Labute approximate surface area is 226 Å². The fourth-order valence-corrected chi connectivity index (χ4v) is 11.3. The fourth-order valence-electron chi connectivity index (χ4n) is 8.31. The van der Waals surface area contributed by atoms with E-state index in [9.17, 15) is 4.79 Å². The van der Waals surface area contributed by atoms with Crippen LogP contribution in [0.1, 0.15) is 103 Å². The maximum Gasteiger partial charge on any atom is 0.502 e. The van der Waals surface area contributed by atoms with Crippen LogP contribution in [-0.2, 0) is 22.8 Å². The third kappa shape index (κ3) is 6.89. The van der Waals surface area contributed by atoms with Crippen LogP contribution < -0.4 is 0 Å². The van der Waals surface area contributed by atoms with Crippen LogP contribution in [0.15, 0.2) is 12.7 Å². The van der Waals surface area contributed by atoms with E-state index in [4.69, 9.17) is 18.0 Å². The summed E-state index contributed by atoms with van der Waals surface area (Å²) in [5.41, 5.74) is 0. The molecule has 3 aliphatic heterocycles. The van der Waals surface area contributed by atoms with Crippen molar-refractivity contribution in [3.05, 3.63) is 12.7 Å². The minimum absolute atomic E-state index is 0.234. The topological polar surface area (TPSA) is 54.0 Å². The molecule has 6 rings (SSSR count). The third-order valence-electron chi connectivity index (χ3n) is 10.3. The molecule has 0 aromatic rings. The van der Waals surface area contributed by atoms with Crippen LogP contribution in [0.25, 0.3) is 0 Å². The highest BCUT2D eigenvalue weighted by atomic mass is 28.4. The lowest BCUT2D eigenvalue weighted by Gasteiger charge is -2.56. The summed E-state index contributed by atoms with van der Waals surface area (Å²) in [5.74, 6) is 0.890. The average Bonchev–Trinajstić information content (AvgIpc) is 2.93. The van der Waals surface area contributed by atoms with Gasteiger partial charge in [0, 0.05) is 12.1 Å². The van der Waals surface area contributed by atoms with E-state index in [2.05, 4.69) is 6.58 Å². The van der Waals surface area contributed by atoms with Crippen molar-refractivity contribution in [3.8, 4) is 0 Å². The summed E-state index contributed by atoms with van der Waals surface area (Å²) in [6.07, 6.45) is 22.4. The van der Waals surface area contributed by atoms with Gasteiger partial charge in [0.2, 0.25) is 0 Å². The van der Waals surface area contributed by atoms with Gasteiger partial charge in [-0.3, -0.25) is 0 Å². The van der Waals surface area contributed by atoms with Crippen LogP contribution in [0, 0.1) is 11.8 Å². The molecule has 37 heavy (non-hydrogen) atoms. The number of nitrogens with zero attached hydrogens (tertiary/aromatic N) is 1. The van der Waals surface area contributed by atoms with E-state index in [0.717, 1.165) is 44.7 Å². The number of carbonyl (C=O) groups excluding carboxylic acids is 1. The maximum absolute atomic E-state index is 11.7. The molecule has 6 fully saturated rings. The molecule has 3 saturated heterocycles. The van der Waals surface area contributed by atoms with E-state index in [1.54, 1.807) is 0 Å². The lowest BCUT2D eigenvalue weighted by atomic mass is 9.82. The summed E-state index contributed by atoms with van der Waals surface area (Å²) in [4.78, 5) is 11.7. The predicted octanol–water partition coefficient (Wildman–Crippen LogP) is 6.17. The molecule has 0 aromatic heterocycles. The van der Waals surface area contributed by atoms with Crippen LogP contribution in [0.3, 0.4) is 0 Å². The smallest absolute Gasteiger partial charge is 0.463 e. The summed E-state index contributed by atoms with van der Waals surface area (Å²) in [5, 5.41) is 0. The lowest BCUT2D eigenvalue weighted by Crippen LogP contribution is -2.71. The number of quaternary nitrogens is 1. The average molecular weight is 535 g/mol. The Morgan fingerprint density at radius 3 is 1.92 bits per heavy atom. The molecule has 6 nitrogen and oxygen atoms in total. The van der Waals surface area contributed by atoms with Gasteiger partial charge in [0.1, 0.15) is 31.8 Å². The van der Waals surface area contributed by atoms with Gasteiger partial charge in [-0.05, 0) is 69.6 Å². The first-order chi connectivity index (χ1) is 18.1. The molecule has 0 radical (unpaired) electrons. The number of carbonyl (C=O) groups is 1. The molecule has 3 heterocycles. The Balaban J connectivity index is 1.43. The molecule has 2 bridgehead atoms. The van der Waals surface area contributed by atoms with Gasteiger partial charge in [0.15, 0.2) is 0 Å². The van der Waals surface area contributed by atoms with E-state index < -0.39 is 8.80 Å². The van der Waals surface area contributed by atoms with E-state index >= 15 is 0 Å². The zero-order valence-corrected chi connectivity index (χ0v) is 24.2. The standard InChI is InChI=1S/C30H52NO5Si/c1-2-30(32)33-20-12-22-37-34-21-19-31(27-17-10-5-11-18-27,23-28(35-37)25-13-6-3-7-14-25)24-29(36-37)26-15-8-4-9-16-26/h2,25-29H,1,3-24H2/q+1. The second-order valence-corrected chi connectivity index (χ2v) is 15.3. The Bertz CT molecular complexity index is 714. The molecule has 7 heteroatoms. The number of rotatable bonds is 8. The first-order valence-corrected chi connectivity index (χ1v) is 17.7. The van der Waals surface area contributed by atoms with Gasteiger partial charge in [-0.15, -0.1) is 0 Å². The predicted molar refractivity (Wildman–Crippen MR) is 147 cm³/mol. The number of fused-ring (bicyclic) bond motifs is 6. The maximum atomic E-state index is 11.7. The minimum atomic E-state index is -2.91. The van der Waals surface area contributed by atoms with Crippen molar-refractivity contribution in [2.45, 2.75) is 127 Å². The Hall–Kier alpha value is -0.733. The molecular weight excluding hydrogens is 482 g/mol. The van der Waals surface area contributed by atoms with Gasteiger partial charge in [0.25, 0.3) is 0 Å². The van der Waals surface area contributed by atoms with E-state index in [0.29, 0.717) is 18.4 Å². The molecule has 2 atom stereocenters. The summed E-state index contributed by atoms with van der Waals surface area (Å²) in [6.45, 7) is 8.07. The number of ether oxygens (including phenoxy) is 1. The molecule has 0 amide bonds. The fraction of sp³-hybridized carbons (Fsp3) is 0.900. The molecule has 3 aliphatic carbocycles. The zero-order chi connectivity index (χ0) is 25.6. The number of esters is 1. The van der Waals surface area contributed by atoms with Gasteiger partial charge >= 0.3 is 14.8 Å². The zero-order valence-electron chi connectivity index (χ0n) is 23.2. The van der Waals surface area contributed by atoms with Gasteiger partial charge in [0.05, 0.1) is 19.3 Å². The van der Waals surface area contributed by atoms with Crippen molar-refractivity contribution in [2.24, 2.45) is 11.8 Å². The van der Waals surface area contributed by atoms with Crippen molar-refractivity contribution < 1.29 is 27.3 Å². The van der Waals surface area contributed by atoms with Gasteiger partial charge in [-0.2, -0.15) is 0 Å². The largest absolute Gasteiger partial charge is 0.502 e. The first-order valence-electron chi connectivity index (χ1n) is 15.8. The normalized spacial score (nSPS) is 36.9. The van der Waals surface area contributed by atoms with Gasteiger partial charge < -0.3 is 22.5 Å². The quantitative estimate of drug-likeness (QED) is 0.123. The molecule has 3 saturated carbocycles. The molecule has 0 aromatic carbocycles. The molecule has 0 N–H and O–H groups in total. The van der Waals surface area contributed by atoms with E-state index in [1.165, 1.54) is 107 Å². The van der Waals surface area contributed by atoms with Crippen LogP contribution in [0.2, 0.25) is 6.04 Å². The SMILES string of the molecule is C=CC(=O)OCCC[Si]12OCC[N+](C3CCCCC3)(CC(C3CCCCC3)O1)CC(C1CCCCC1)O2. The molecule has 210 valence electrons.